The topological polar surface area (TPSA) is 12.5 Å². The summed E-state index contributed by atoms with van der Waals surface area (Å²) in [5, 5.41) is 0. The molecule has 0 fully saturated rings. The molecule has 0 unspecified atom stereocenters. The molecule has 0 spiro atoms. The fraction of sp³-hybridized carbons (Fsp3) is 0.417. The summed E-state index contributed by atoms with van der Waals surface area (Å²) < 4.78 is 6.04. The van der Waals surface area contributed by atoms with Gasteiger partial charge in [0.2, 0.25) is 0 Å². The molecule has 0 radical (unpaired) electrons. The summed E-state index contributed by atoms with van der Waals surface area (Å²) in [6.45, 7) is 6.14. The third-order valence-corrected chi connectivity index (χ3v) is 3.74. The molecule has 0 aromatic heterocycles. The minimum absolute atomic E-state index is 0.873. The molecule has 0 bridgehead atoms. The van der Waals surface area contributed by atoms with Crippen molar-refractivity contribution in [2.45, 2.75) is 18.7 Å². The Bertz CT molecular complexity index is 333. The van der Waals surface area contributed by atoms with E-state index >= 15 is 0 Å². The van der Waals surface area contributed by atoms with E-state index in [1.165, 1.54) is 0 Å². The molecule has 0 aliphatic heterocycles. The summed E-state index contributed by atoms with van der Waals surface area (Å²) in [5.74, 6) is 0.873. The number of nitrogens with zero attached hydrogens (tertiary/aromatic N) is 1. The highest BCUT2D eigenvalue weighted by Gasteiger charge is 2.06. The van der Waals surface area contributed by atoms with E-state index < -0.39 is 0 Å². The molecule has 0 atom stereocenters. The van der Waals surface area contributed by atoms with Gasteiger partial charge in [0.15, 0.2) is 0 Å². The minimum atomic E-state index is 0.873. The van der Waals surface area contributed by atoms with Crippen LogP contribution in [0.25, 0.3) is 0 Å². The first kappa shape index (κ1) is 13.3. The van der Waals surface area contributed by atoms with Crippen LogP contribution >= 0.6 is 24.0 Å². The fourth-order valence-electron chi connectivity index (χ4n) is 1.29. The van der Waals surface area contributed by atoms with Gasteiger partial charge in [-0.3, -0.25) is 0 Å². The average molecular weight is 255 g/mol. The van der Waals surface area contributed by atoms with Crippen LogP contribution in [0.5, 0.6) is 5.75 Å². The Hall–Kier alpha value is -0.740. The van der Waals surface area contributed by atoms with Crippen LogP contribution in [-0.4, -0.2) is 29.4 Å². The number of hydrogen-bond donors (Lipinski definition) is 0. The Labute approximate surface area is 107 Å². The van der Waals surface area contributed by atoms with Crippen molar-refractivity contribution in [2.75, 3.05) is 20.2 Å². The largest absolute Gasteiger partial charge is 0.497 e. The molecule has 1 aromatic carbocycles. The molecule has 2 nitrogen and oxygen atoms in total. The highest BCUT2D eigenvalue weighted by Crippen LogP contribution is 2.24. The maximum absolute atomic E-state index is 5.37. The van der Waals surface area contributed by atoms with Crippen molar-refractivity contribution in [1.29, 1.82) is 0 Å². The van der Waals surface area contributed by atoms with Crippen LogP contribution in [0, 0.1) is 0 Å². The Morgan fingerprint density at radius 2 is 1.81 bits per heavy atom. The molecule has 0 saturated heterocycles. The van der Waals surface area contributed by atoms with E-state index in [0.717, 1.165) is 28.1 Å². The molecule has 1 aromatic rings. The quantitative estimate of drug-likeness (QED) is 0.603. The van der Waals surface area contributed by atoms with Gasteiger partial charge in [0, 0.05) is 18.0 Å². The monoisotopic (exact) mass is 255 g/mol. The second-order valence-electron chi connectivity index (χ2n) is 3.22. The number of rotatable bonds is 4. The Morgan fingerprint density at radius 1 is 1.25 bits per heavy atom. The van der Waals surface area contributed by atoms with Gasteiger partial charge in [-0.25, -0.2) is 0 Å². The normalized spacial score (nSPS) is 9.94. The molecular formula is C12H17NOS2. The maximum Gasteiger partial charge on any atom is 0.141 e. The van der Waals surface area contributed by atoms with Crippen LogP contribution in [0.1, 0.15) is 13.8 Å². The van der Waals surface area contributed by atoms with Gasteiger partial charge in [0.05, 0.1) is 7.11 Å². The number of ether oxygens (including phenoxy) is 1. The van der Waals surface area contributed by atoms with Crippen molar-refractivity contribution in [3.8, 4) is 5.75 Å². The van der Waals surface area contributed by atoms with Crippen LogP contribution in [0.15, 0.2) is 29.2 Å². The first-order valence-electron chi connectivity index (χ1n) is 5.32. The lowest BCUT2D eigenvalue weighted by atomic mass is 10.3. The van der Waals surface area contributed by atoms with Crippen LogP contribution in [0.2, 0.25) is 0 Å². The SMILES string of the molecule is CCN(CC)C(=S)Sc1ccc(OC)cc1. The zero-order valence-electron chi connectivity index (χ0n) is 9.90. The standard InChI is InChI=1S/C12H17NOS2/c1-4-13(5-2)12(15)16-11-8-6-10(14-3)7-9-11/h6-9H,4-5H2,1-3H3. The Kier molecular flexibility index (Phi) is 5.63. The minimum Gasteiger partial charge on any atom is -0.497 e. The Morgan fingerprint density at radius 3 is 2.25 bits per heavy atom. The highest BCUT2D eigenvalue weighted by molar-refractivity contribution is 8.22. The van der Waals surface area contributed by atoms with E-state index in [1.807, 2.05) is 24.3 Å². The molecule has 88 valence electrons. The van der Waals surface area contributed by atoms with Crippen molar-refractivity contribution in [3.05, 3.63) is 24.3 Å². The fourth-order valence-corrected chi connectivity index (χ4v) is 2.70. The lowest BCUT2D eigenvalue weighted by molar-refractivity contribution is 0.414. The van der Waals surface area contributed by atoms with Crippen LogP contribution in [0.4, 0.5) is 0 Å². The maximum atomic E-state index is 5.37. The van der Waals surface area contributed by atoms with E-state index in [9.17, 15) is 0 Å². The summed E-state index contributed by atoms with van der Waals surface area (Å²) in [4.78, 5) is 3.32. The molecule has 1 rings (SSSR count). The molecule has 16 heavy (non-hydrogen) atoms. The zero-order valence-corrected chi connectivity index (χ0v) is 11.5. The van der Waals surface area contributed by atoms with Crippen molar-refractivity contribution < 1.29 is 4.74 Å². The van der Waals surface area contributed by atoms with E-state index in [1.54, 1.807) is 18.9 Å². The third kappa shape index (κ3) is 3.68. The molecule has 0 aliphatic carbocycles. The second-order valence-corrected chi connectivity index (χ2v) is 4.92. The van der Waals surface area contributed by atoms with Crippen molar-refractivity contribution in [2.24, 2.45) is 0 Å². The molecule has 0 aliphatic rings. The van der Waals surface area contributed by atoms with Crippen molar-refractivity contribution in [3.63, 3.8) is 0 Å². The summed E-state index contributed by atoms with van der Waals surface area (Å²) >= 11 is 7.00. The van der Waals surface area contributed by atoms with Gasteiger partial charge in [0.25, 0.3) is 0 Å². The van der Waals surface area contributed by atoms with E-state index in [2.05, 4.69) is 18.7 Å². The molecule has 4 heteroatoms. The average Bonchev–Trinajstić information content (AvgIpc) is 2.31. The lowest BCUT2D eigenvalue weighted by Gasteiger charge is -2.20. The predicted molar refractivity (Wildman–Crippen MR) is 74.4 cm³/mol. The van der Waals surface area contributed by atoms with Crippen LogP contribution in [0.3, 0.4) is 0 Å². The molecule has 0 amide bonds. The van der Waals surface area contributed by atoms with Gasteiger partial charge in [-0.1, -0.05) is 24.0 Å². The Balaban J connectivity index is 2.62. The van der Waals surface area contributed by atoms with E-state index in [4.69, 9.17) is 17.0 Å². The molecule has 0 N–H and O–H groups in total. The summed E-state index contributed by atoms with van der Waals surface area (Å²) in [6, 6.07) is 7.96. The van der Waals surface area contributed by atoms with Crippen LogP contribution < -0.4 is 4.74 Å². The van der Waals surface area contributed by atoms with Gasteiger partial charge in [0.1, 0.15) is 10.1 Å². The van der Waals surface area contributed by atoms with E-state index in [-0.39, 0.29) is 0 Å². The van der Waals surface area contributed by atoms with Gasteiger partial charge in [-0.15, -0.1) is 0 Å². The molecular weight excluding hydrogens is 238 g/mol. The smallest absolute Gasteiger partial charge is 0.141 e. The number of thioether (sulfide) groups is 1. The third-order valence-electron chi connectivity index (χ3n) is 2.29. The van der Waals surface area contributed by atoms with Crippen molar-refractivity contribution in [1.82, 2.24) is 4.90 Å². The number of methoxy groups -OCH3 is 1. The number of benzene rings is 1. The lowest BCUT2D eigenvalue weighted by Crippen LogP contribution is -2.26. The zero-order chi connectivity index (χ0) is 12.0. The first-order chi connectivity index (χ1) is 7.71. The highest BCUT2D eigenvalue weighted by atomic mass is 32.2. The van der Waals surface area contributed by atoms with Gasteiger partial charge in [-0.05, 0) is 38.1 Å². The van der Waals surface area contributed by atoms with Gasteiger partial charge < -0.3 is 9.64 Å². The van der Waals surface area contributed by atoms with Gasteiger partial charge in [-0.2, -0.15) is 0 Å². The summed E-state index contributed by atoms with van der Waals surface area (Å²) in [7, 11) is 1.67. The molecule has 0 saturated carbocycles. The summed E-state index contributed by atoms with van der Waals surface area (Å²) in [6.07, 6.45) is 0. The molecule has 0 heterocycles. The number of thiocarbonyl (C=S) groups is 1. The van der Waals surface area contributed by atoms with E-state index in [0.29, 0.717) is 0 Å². The second kappa shape index (κ2) is 6.76. The first-order valence-corrected chi connectivity index (χ1v) is 6.54. The van der Waals surface area contributed by atoms with Crippen molar-refractivity contribution >= 4 is 28.3 Å². The number of hydrogen-bond acceptors (Lipinski definition) is 3. The summed E-state index contributed by atoms with van der Waals surface area (Å²) in [5.41, 5.74) is 0. The van der Waals surface area contributed by atoms with Gasteiger partial charge >= 0.3 is 0 Å². The predicted octanol–water partition coefficient (Wildman–Crippen LogP) is 3.41. The van der Waals surface area contributed by atoms with Crippen LogP contribution in [-0.2, 0) is 0 Å².